The molecule has 1 aromatic heterocycles. The van der Waals surface area contributed by atoms with Crippen molar-refractivity contribution in [2.45, 2.75) is 6.42 Å². The van der Waals surface area contributed by atoms with Crippen LogP contribution in [0.5, 0.6) is 5.75 Å². The van der Waals surface area contributed by atoms with Crippen molar-refractivity contribution in [1.82, 2.24) is 5.43 Å². The van der Waals surface area contributed by atoms with Crippen LogP contribution in [0.1, 0.15) is 21.7 Å². The summed E-state index contributed by atoms with van der Waals surface area (Å²) in [5.41, 5.74) is 4.63. The van der Waals surface area contributed by atoms with Gasteiger partial charge in [0.05, 0.1) is 13.3 Å². The number of amides is 1. The number of hydrazone groups is 1. The predicted octanol–water partition coefficient (Wildman–Crippen LogP) is 4.24. The Morgan fingerprint density at radius 3 is 2.83 bits per heavy atom. The van der Waals surface area contributed by atoms with Crippen LogP contribution in [0.25, 0.3) is 11.0 Å². The largest absolute Gasteiger partial charge is 0.482 e. The number of hydrogen-bond donors (Lipinski definition) is 1. The quantitative estimate of drug-likeness (QED) is 0.230. The normalized spacial score (nSPS) is 10.9. The smallest absolute Gasteiger partial charge is 0.343 e. The number of furan rings is 1. The van der Waals surface area contributed by atoms with Gasteiger partial charge in [-0.3, -0.25) is 4.79 Å². The zero-order chi connectivity index (χ0) is 21.5. The van der Waals surface area contributed by atoms with Crippen molar-refractivity contribution in [3.63, 3.8) is 0 Å². The summed E-state index contributed by atoms with van der Waals surface area (Å²) in [7, 11) is 1.30. The Balaban J connectivity index is 1.68. The van der Waals surface area contributed by atoms with Gasteiger partial charge in [-0.15, -0.1) is 6.58 Å². The number of fused-ring (bicyclic) bond motifs is 1. The molecule has 1 amide bonds. The predicted molar refractivity (Wildman–Crippen MR) is 117 cm³/mol. The van der Waals surface area contributed by atoms with Gasteiger partial charge in [0.15, 0.2) is 12.4 Å². The number of nitrogens with zero attached hydrogens (tertiary/aromatic N) is 1. The molecule has 1 N–H and O–H groups in total. The van der Waals surface area contributed by atoms with Crippen LogP contribution in [0.4, 0.5) is 0 Å². The maximum Gasteiger partial charge on any atom is 0.343 e. The third kappa shape index (κ3) is 5.36. The van der Waals surface area contributed by atoms with Gasteiger partial charge in [0, 0.05) is 9.86 Å². The maximum absolute atomic E-state index is 12.3. The van der Waals surface area contributed by atoms with Crippen LogP contribution >= 0.6 is 15.9 Å². The van der Waals surface area contributed by atoms with E-state index in [4.69, 9.17) is 9.15 Å². The molecule has 0 radical (unpaired) electrons. The van der Waals surface area contributed by atoms with Crippen molar-refractivity contribution in [1.29, 1.82) is 0 Å². The van der Waals surface area contributed by atoms with E-state index >= 15 is 0 Å². The van der Waals surface area contributed by atoms with Crippen molar-refractivity contribution in [3.05, 3.63) is 76.5 Å². The van der Waals surface area contributed by atoms with Gasteiger partial charge in [0.25, 0.3) is 0 Å². The zero-order valence-corrected chi connectivity index (χ0v) is 17.8. The Morgan fingerprint density at radius 2 is 2.07 bits per heavy atom. The van der Waals surface area contributed by atoms with Crippen LogP contribution in [-0.4, -0.2) is 31.8 Å². The fourth-order valence-corrected chi connectivity index (χ4v) is 3.06. The number of carbonyl (C=O) groups excluding carboxylic acids is 2. The monoisotopic (exact) mass is 470 g/mol. The molecule has 3 aromatic rings. The summed E-state index contributed by atoms with van der Waals surface area (Å²) in [6.45, 7) is 3.55. The number of esters is 1. The first-order valence-corrected chi connectivity index (χ1v) is 9.75. The fourth-order valence-electron chi connectivity index (χ4n) is 2.68. The Bertz CT molecular complexity index is 1120. The summed E-state index contributed by atoms with van der Waals surface area (Å²) in [6.07, 6.45) is 3.77. The van der Waals surface area contributed by atoms with Gasteiger partial charge in [-0.05, 0) is 60.0 Å². The third-order valence-electron chi connectivity index (χ3n) is 4.10. The molecule has 1 heterocycles. The summed E-state index contributed by atoms with van der Waals surface area (Å²) in [5, 5.41) is 4.80. The van der Waals surface area contributed by atoms with Gasteiger partial charge >= 0.3 is 11.9 Å². The molecule has 0 saturated carbocycles. The molecular weight excluding hydrogens is 452 g/mol. The molecule has 0 aliphatic rings. The Hall–Kier alpha value is -3.39. The number of benzene rings is 2. The molecule has 0 atom stereocenters. The summed E-state index contributed by atoms with van der Waals surface area (Å²) in [6, 6.07) is 12.5. The number of methoxy groups -OCH3 is 1. The van der Waals surface area contributed by atoms with Crippen molar-refractivity contribution in [2.24, 2.45) is 5.10 Å². The van der Waals surface area contributed by atoms with Gasteiger partial charge in [-0.25, -0.2) is 10.2 Å². The summed E-state index contributed by atoms with van der Waals surface area (Å²) in [4.78, 5) is 23.6. The highest BCUT2D eigenvalue weighted by Gasteiger charge is 2.12. The molecule has 0 unspecified atom stereocenters. The van der Waals surface area contributed by atoms with Crippen LogP contribution in [0.2, 0.25) is 0 Å². The molecule has 0 spiro atoms. The average molecular weight is 471 g/mol. The highest BCUT2D eigenvalue weighted by Crippen LogP contribution is 2.23. The van der Waals surface area contributed by atoms with Gasteiger partial charge in [0.2, 0.25) is 0 Å². The van der Waals surface area contributed by atoms with E-state index in [-0.39, 0.29) is 12.4 Å². The first-order chi connectivity index (χ1) is 14.5. The van der Waals surface area contributed by atoms with E-state index in [9.17, 15) is 9.59 Å². The second-order valence-electron chi connectivity index (χ2n) is 6.22. The topological polar surface area (TPSA) is 90.1 Å². The molecule has 7 nitrogen and oxygen atoms in total. The minimum atomic E-state index is -0.467. The van der Waals surface area contributed by atoms with Crippen LogP contribution in [0.15, 0.2) is 69.1 Å². The van der Waals surface area contributed by atoms with E-state index in [0.29, 0.717) is 17.8 Å². The zero-order valence-electron chi connectivity index (χ0n) is 16.2. The standard InChI is InChI=1S/C22H19BrN2O5/c1-3-4-15-9-14(5-7-18(15)29-13-21(26)28-2)12-24-25-22(27)20-11-16-10-17(23)6-8-19(16)30-20/h3,5-12H,1,4,13H2,2H3,(H,25,27)/b24-12+. The SMILES string of the molecule is C=CCc1cc(/C=N/NC(=O)c2cc3cc(Br)ccc3o2)ccc1OCC(=O)OC. The summed E-state index contributed by atoms with van der Waals surface area (Å²) in [5.74, 6) is -0.206. The minimum Gasteiger partial charge on any atom is -0.482 e. The molecule has 0 aliphatic carbocycles. The molecule has 30 heavy (non-hydrogen) atoms. The van der Waals surface area contributed by atoms with E-state index in [2.05, 4.69) is 37.8 Å². The lowest BCUT2D eigenvalue weighted by Crippen LogP contribution is -2.16. The van der Waals surface area contributed by atoms with E-state index in [1.807, 2.05) is 18.2 Å². The molecule has 2 aromatic carbocycles. The number of ether oxygens (including phenoxy) is 2. The van der Waals surface area contributed by atoms with Crippen molar-refractivity contribution >= 4 is 45.0 Å². The second-order valence-corrected chi connectivity index (χ2v) is 7.13. The first-order valence-electron chi connectivity index (χ1n) is 8.96. The highest BCUT2D eigenvalue weighted by atomic mass is 79.9. The minimum absolute atomic E-state index is 0.166. The van der Waals surface area contributed by atoms with E-state index < -0.39 is 11.9 Å². The molecule has 0 aliphatic heterocycles. The second kappa shape index (κ2) is 9.89. The maximum atomic E-state index is 12.3. The lowest BCUT2D eigenvalue weighted by atomic mass is 10.1. The van der Waals surface area contributed by atoms with Crippen molar-refractivity contribution in [3.8, 4) is 5.75 Å². The molecule has 0 bridgehead atoms. The number of allylic oxidation sites excluding steroid dienone is 1. The van der Waals surface area contributed by atoms with Gasteiger partial charge < -0.3 is 13.9 Å². The molecule has 8 heteroatoms. The van der Waals surface area contributed by atoms with Gasteiger partial charge in [0.1, 0.15) is 11.3 Å². The summed E-state index contributed by atoms with van der Waals surface area (Å²) < 4.78 is 16.5. The Kier molecular flexibility index (Phi) is 7.03. The van der Waals surface area contributed by atoms with E-state index in [0.717, 1.165) is 21.0 Å². The van der Waals surface area contributed by atoms with E-state index in [1.165, 1.54) is 13.3 Å². The molecule has 0 saturated heterocycles. The van der Waals surface area contributed by atoms with Crippen LogP contribution < -0.4 is 10.2 Å². The average Bonchev–Trinajstić information content (AvgIpc) is 3.16. The van der Waals surface area contributed by atoms with Crippen LogP contribution in [-0.2, 0) is 16.0 Å². The Morgan fingerprint density at radius 1 is 1.23 bits per heavy atom. The van der Waals surface area contributed by atoms with Crippen molar-refractivity contribution < 1.29 is 23.5 Å². The fraction of sp³-hybridized carbons (Fsp3) is 0.136. The van der Waals surface area contributed by atoms with Crippen LogP contribution in [0.3, 0.4) is 0 Å². The molecular formula is C22H19BrN2O5. The number of hydrogen-bond acceptors (Lipinski definition) is 6. The highest BCUT2D eigenvalue weighted by molar-refractivity contribution is 9.10. The number of carbonyl (C=O) groups is 2. The lowest BCUT2D eigenvalue weighted by molar-refractivity contribution is -0.142. The van der Waals surface area contributed by atoms with Crippen LogP contribution in [0, 0.1) is 0 Å². The third-order valence-corrected chi connectivity index (χ3v) is 4.60. The van der Waals surface area contributed by atoms with Gasteiger partial charge in [-0.2, -0.15) is 5.10 Å². The van der Waals surface area contributed by atoms with E-state index in [1.54, 1.807) is 30.3 Å². The lowest BCUT2D eigenvalue weighted by Gasteiger charge is -2.10. The summed E-state index contributed by atoms with van der Waals surface area (Å²) >= 11 is 3.39. The molecule has 154 valence electrons. The number of rotatable bonds is 8. The molecule has 3 rings (SSSR count). The number of nitrogens with one attached hydrogen (secondary N) is 1. The first kappa shape index (κ1) is 21.3. The number of halogens is 1. The van der Waals surface area contributed by atoms with Gasteiger partial charge in [-0.1, -0.05) is 22.0 Å². The molecule has 0 fully saturated rings. The Labute approximate surface area is 181 Å². The van der Waals surface area contributed by atoms with Crippen molar-refractivity contribution in [2.75, 3.05) is 13.7 Å².